The second-order valence-electron chi connectivity index (χ2n) is 6.44. The third-order valence-electron chi connectivity index (χ3n) is 4.98. The number of hydrogen-bond donors (Lipinski definition) is 1. The Morgan fingerprint density at radius 2 is 2.05 bits per heavy atom. The van der Waals surface area contributed by atoms with Crippen LogP contribution in [0.15, 0.2) is 23.1 Å². The monoisotopic (exact) mass is 312 g/mol. The highest BCUT2D eigenvalue weighted by molar-refractivity contribution is 7.89. The molecule has 0 amide bonds. The molecule has 4 nitrogen and oxygen atoms in total. The Hall–Kier alpha value is -1.14. The van der Waals surface area contributed by atoms with Gasteiger partial charge in [-0.2, -0.15) is 0 Å². The highest BCUT2D eigenvalue weighted by atomic mass is 32.2. The molecule has 2 fully saturated rings. The lowest BCUT2D eigenvalue weighted by Crippen LogP contribution is -2.33. The Morgan fingerprint density at radius 1 is 1.29 bits per heavy atom. The van der Waals surface area contributed by atoms with Crippen molar-refractivity contribution >= 4 is 15.7 Å². The summed E-state index contributed by atoms with van der Waals surface area (Å²) in [5, 5.41) is 0. The smallest absolute Gasteiger partial charge is 0.243 e. The molecule has 6 heteroatoms. The van der Waals surface area contributed by atoms with Gasteiger partial charge in [0.1, 0.15) is 5.82 Å². The number of hydrogen-bond acceptors (Lipinski definition) is 3. The Bertz CT molecular complexity index is 627. The first-order valence-corrected chi connectivity index (χ1v) is 8.82. The van der Waals surface area contributed by atoms with E-state index < -0.39 is 15.8 Å². The highest BCUT2D eigenvalue weighted by Crippen LogP contribution is 2.48. The fraction of sp³-hybridized carbons (Fsp3) is 0.600. The first kappa shape index (κ1) is 14.8. The first-order valence-electron chi connectivity index (χ1n) is 7.38. The molecule has 1 aromatic carbocycles. The Kier molecular flexibility index (Phi) is 3.69. The summed E-state index contributed by atoms with van der Waals surface area (Å²) in [5.74, 6) is 1.25. The molecule has 1 aromatic rings. The molecule has 2 saturated carbocycles. The van der Waals surface area contributed by atoms with Crippen LogP contribution in [0.4, 0.5) is 10.1 Å². The molecule has 2 aliphatic carbocycles. The summed E-state index contributed by atoms with van der Waals surface area (Å²) in [6.45, 7) is 0.514. The van der Waals surface area contributed by atoms with E-state index in [0.29, 0.717) is 18.4 Å². The van der Waals surface area contributed by atoms with E-state index in [1.165, 1.54) is 29.6 Å². The molecule has 0 heterocycles. The Morgan fingerprint density at radius 3 is 2.62 bits per heavy atom. The number of benzene rings is 1. The lowest BCUT2D eigenvalue weighted by molar-refractivity contribution is 0.280. The number of nitrogen functional groups attached to an aromatic ring is 1. The Labute approximate surface area is 125 Å². The van der Waals surface area contributed by atoms with Gasteiger partial charge in [-0.15, -0.1) is 0 Å². The van der Waals surface area contributed by atoms with Gasteiger partial charge < -0.3 is 5.73 Å². The van der Waals surface area contributed by atoms with Gasteiger partial charge in [-0.1, -0.05) is 6.42 Å². The van der Waals surface area contributed by atoms with Crippen LogP contribution in [-0.2, 0) is 10.0 Å². The summed E-state index contributed by atoms with van der Waals surface area (Å²) in [6, 6.07) is 3.47. The maximum Gasteiger partial charge on any atom is 0.243 e. The Balaban J connectivity index is 1.77. The summed E-state index contributed by atoms with van der Waals surface area (Å²) >= 11 is 0. The summed E-state index contributed by atoms with van der Waals surface area (Å²) in [4.78, 5) is -0.0642. The standard InChI is InChI=1S/C15H21FN2O2S/c1-18(9-12-5-10-2-3-11(12)4-10)21(19,20)15-7-13(16)6-14(17)8-15/h6-8,10-12H,2-5,9,17H2,1H3. The van der Waals surface area contributed by atoms with E-state index in [9.17, 15) is 12.8 Å². The average molecular weight is 312 g/mol. The molecule has 0 aromatic heterocycles. The van der Waals surface area contributed by atoms with Crippen LogP contribution in [0.2, 0.25) is 0 Å². The van der Waals surface area contributed by atoms with E-state index in [0.717, 1.165) is 24.5 Å². The van der Waals surface area contributed by atoms with Crippen LogP contribution in [0.5, 0.6) is 0 Å². The van der Waals surface area contributed by atoms with E-state index in [4.69, 9.17) is 5.73 Å². The first-order chi connectivity index (χ1) is 9.86. The molecular weight excluding hydrogens is 291 g/mol. The van der Waals surface area contributed by atoms with Gasteiger partial charge >= 0.3 is 0 Å². The predicted octanol–water partition coefficient (Wildman–Crippen LogP) is 2.46. The van der Waals surface area contributed by atoms with Crippen molar-refractivity contribution in [3.05, 3.63) is 24.0 Å². The van der Waals surface area contributed by atoms with Crippen LogP contribution in [0.1, 0.15) is 25.7 Å². The van der Waals surface area contributed by atoms with Gasteiger partial charge in [0, 0.05) is 19.3 Å². The van der Waals surface area contributed by atoms with E-state index in [1.54, 1.807) is 7.05 Å². The fourth-order valence-corrected chi connectivity index (χ4v) is 5.24. The molecule has 2 aliphatic rings. The molecule has 116 valence electrons. The van der Waals surface area contributed by atoms with Gasteiger partial charge in [-0.25, -0.2) is 17.1 Å². The van der Waals surface area contributed by atoms with Crippen molar-refractivity contribution in [1.82, 2.24) is 4.31 Å². The summed E-state index contributed by atoms with van der Waals surface area (Å²) in [5.41, 5.74) is 5.67. The van der Waals surface area contributed by atoms with Crippen molar-refractivity contribution in [2.75, 3.05) is 19.3 Å². The SMILES string of the molecule is CN(CC1CC2CCC1C2)S(=O)(=O)c1cc(N)cc(F)c1. The molecule has 3 atom stereocenters. The second-order valence-corrected chi connectivity index (χ2v) is 8.49. The third kappa shape index (κ3) is 2.79. The minimum Gasteiger partial charge on any atom is -0.399 e. The molecule has 21 heavy (non-hydrogen) atoms. The average Bonchev–Trinajstić information content (AvgIpc) is 2.99. The quantitative estimate of drug-likeness (QED) is 0.869. The minimum atomic E-state index is -3.67. The van der Waals surface area contributed by atoms with E-state index in [1.807, 2.05) is 0 Å². The summed E-state index contributed by atoms with van der Waals surface area (Å²) in [6.07, 6.45) is 4.87. The third-order valence-corrected chi connectivity index (χ3v) is 6.78. The second kappa shape index (κ2) is 5.25. The van der Waals surface area contributed by atoms with E-state index in [-0.39, 0.29) is 10.6 Å². The van der Waals surface area contributed by atoms with Crippen LogP contribution in [0, 0.1) is 23.6 Å². The predicted molar refractivity (Wildman–Crippen MR) is 79.6 cm³/mol. The molecule has 2 N–H and O–H groups in total. The normalized spacial score (nSPS) is 28.4. The number of nitrogens with zero attached hydrogens (tertiary/aromatic N) is 1. The van der Waals surface area contributed by atoms with Crippen LogP contribution in [0.25, 0.3) is 0 Å². The van der Waals surface area contributed by atoms with Gasteiger partial charge in [0.05, 0.1) is 4.90 Å². The van der Waals surface area contributed by atoms with Crippen molar-refractivity contribution in [3.8, 4) is 0 Å². The lowest BCUT2D eigenvalue weighted by Gasteiger charge is -2.26. The number of rotatable bonds is 4. The highest BCUT2D eigenvalue weighted by Gasteiger charge is 2.40. The zero-order chi connectivity index (χ0) is 15.2. The molecule has 0 aliphatic heterocycles. The van der Waals surface area contributed by atoms with Gasteiger partial charge in [-0.3, -0.25) is 0 Å². The number of sulfonamides is 1. The molecule has 3 unspecified atom stereocenters. The molecule has 0 radical (unpaired) electrons. The van der Waals surface area contributed by atoms with E-state index >= 15 is 0 Å². The minimum absolute atomic E-state index is 0.0642. The van der Waals surface area contributed by atoms with Gasteiger partial charge in [0.2, 0.25) is 10.0 Å². The summed E-state index contributed by atoms with van der Waals surface area (Å²) < 4.78 is 39.8. The van der Waals surface area contributed by atoms with Gasteiger partial charge in [0.25, 0.3) is 0 Å². The number of fused-ring (bicyclic) bond motifs is 2. The number of halogens is 1. The molecule has 0 spiro atoms. The zero-order valence-corrected chi connectivity index (χ0v) is 12.9. The van der Waals surface area contributed by atoms with Crippen LogP contribution in [0.3, 0.4) is 0 Å². The van der Waals surface area contributed by atoms with Crippen molar-refractivity contribution in [2.24, 2.45) is 17.8 Å². The molecule has 2 bridgehead atoms. The topological polar surface area (TPSA) is 63.4 Å². The van der Waals surface area contributed by atoms with Crippen LogP contribution < -0.4 is 5.73 Å². The zero-order valence-electron chi connectivity index (χ0n) is 12.1. The van der Waals surface area contributed by atoms with Crippen molar-refractivity contribution in [2.45, 2.75) is 30.6 Å². The van der Waals surface area contributed by atoms with Gasteiger partial charge in [0.15, 0.2) is 0 Å². The number of anilines is 1. The largest absolute Gasteiger partial charge is 0.399 e. The van der Waals surface area contributed by atoms with Crippen LogP contribution in [-0.4, -0.2) is 26.3 Å². The van der Waals surface area contributed by atoms with Gasteiger partial charge in [-0.05, 0) is 55.2 Å². The summed E-state index contributed by atoms with van der Waals surface area (Å²) in [7, 11) is -2.10. The van der Waals surface area contributed by atoms with E-state index in [2.05, 4.69) is 0 Å². The van der Waals surface area contributed by atoms with Crippen LogP contribution >= 0.6 is 0 Å². The number of nitrogens with two attached hydrogens (primary N) is 1. The van der Waals surface area contributed by atoms with Crippen molar-refractivity contribution in [3.63, 3.8) is 0 Å². The van der Waals surface area contributed by atoms with Crippen molar-refractivity contribution < 1.29 is 12.8 Å². The molecular formula is C15H21FN2O2S. The maximum absolute atomic E-state index is 13.4. The lowest BCUT2D eigenvalue weighted by atomic mass is 9.89. The molecule has 3 rings (SSSR count). The van der Waals surface area contributed by atoms with Crippen molar-refractivity contribution in [1.29, 1.82) is 0 Å². The maximum atomic E-state index is 13.4. The molecule has 0 saturated heterocycles. The fourth-order valence-electron chi connectivity index (χ4n) is 3.94.